The summed E-state index contributed by atoms with van der Waals surface area (Å²) in [5.74, 6) is 1.72. The number of hydrogen-bond donors (Lipinski definition) is 1. The van der Waals surface area contributed by atoms with Crippen molar-refractivity contribution in [2.24, 2.45) is 5.92 Å². The number of nitrogens with one attached hydrogen (secondary N) is 1. The van der Waals surface area contributed by atoms with E-state index in [1.54, 1.807) is 37.2 Å². The van der Waals surface area contributed by atoms with Crippen molar-refractivity contribution < 1.29 is 9.00 Å². The van der Waals surface area contributed by atoms with Crippen LogP contribution in [0.1, 0.15) is 22.5 Å². The Bertz CT molecular complexity index is 1100. The summed E-state index contributed by atoms with van der Waals surface area (Å²) in [6.45, 7) is 2.33. The van der Waals surface area contributed by atoms with Gasteiger partial charge in [0, 0.05) is 42.1 Å². The molecule has 27 heavy (non-hydrogen) atoms. The average Bonchev–Trinajstić information content (AvgIpc) is 3.34. The number of carbonyl (C=O) groups is 1. The smallest absolute Gasteiger partial charge is 0.276 e. The van der Waals surface area contributed by atoms with Crippen molar-refractivity contribution >= 4 is 22.2 Å². The lowest BCUT2D eigenvalue weighted by Gasteiger charge is -2.20. The molecule has 1 N–H and O–H groups in total. The Morgan fingerprint density at radius 1 is 1.48 bits per heavy atom. The van der Waals surface area contributed by atoms with Gasteiger partial charge in [-0.1, -0.05) is 0 Å². The zero-order valence-electron chi connectivity index (χ0n) is 15.1. The van der Waals surface area contributed by atoms with E-state index in [0.717, 1.165) is 6.42 Å². The fourth-order valence-corrected chi connectivity index (χ4v) is 4.97. The third kappa shape index (κ3) is 3.20. The Balaban J connectivity index is 1.60. The summed E-state index contributed by atoms with van der Waals surface area (Å²) in [5, 5.41) is 8.58. The molecule has 0 radical (unpaired) electrons. The molecule has 10 heteroatoms. The van der Waals surface area contributed by atoms with Crippen LogP contribution < -0.4 is 5.56 Å². The van der Waals surface area contributed by atoms with E-state index in [-0.39, 0.29) is 23.3 Å². The molecule has 1 amide bonds. The molecule has 1 saturated heterocycles. The maximum absolute atomic E-state index is 12.8. The van der Waals surface area contributed by atoms with E-state index in [9.17, 15) is 13.8 Å². The molecule has 0 bridgehead atoms. The van der Waals surface area contributed by atoms with Gasteiger partial charge in [-0.3, -0.25) is 18.8 Å². The van der Waals surface area contributed by atoms with Crippen molar-refractivity contribution in [1.82, 2.24) is 29.3 Å². The fourth-order valence-electron chi connectivity index (χ4n) is 3.41. The van der Waals surface area contributed by atoms with Crippen LogP contribution in [0.2, 0.25) is 0 Å². The van der Waals surface area contributed by atoms with Crippen LogP contribution >= 0.6 is 0 Å². The number of hydrogen-bond acceptors (Lipinski definition) is 5. The molecule has 142 valence electrons. The van der Waals surface area contributed by atoms with Gasteiger partial charge in [-0.2, -0.15) is 5.10 Å². The largest absolute Gasteiger partial charge is 0.341 e. The van der Waals surface area contributed by atoms with Gasteiger partial charge >= 0.3 is 0 Å². The molecule has 0 aromatic carbocycles. The highest BCUT2D eigenvalue weighted by Crippen LogP contribution is 2.18. The van der Waals surface area contributed by atoms with Gasteiger partial charge in [0.1, 0.15) is 5.52 Å². The van der Waals surface area contributed by atoms with Gasteiger partial charge in [-0.15, -0.1) is 5.10 Å². The number of aromatic nitrogens is 5. The Labute approximate surface area is 157 Å². The zero-order valence-corrected chi connectivity index (χ0v) is 15.9. The SMILES string of the molecule is Cc1c(C(=O)N(C)C[C@@H]2CCS(=O)C2)cnn1-c1nn2cccc2c(=O)[nH]1. The summed E-state index contributed by atoms with van der Waals surface area (Å²) in [6, 6.07) is 3.41. The van der Waals surface area contributed by atoms with Crippen LogP contribution in [0.15, 0.2) is 29.3 Å². The van der Waals surface area contributed by atoms with Crippen LogP contribution in [0.3, 0.4) is 0 Å². The van der Waals surface area contributed by atoms with E-state index in [2.05, 4.69) is 15.2 Å². The van der Waals surface area contributed by atoms with Gasteiger partial charge in [0.15, 0.2) is 0 Å². The minimum Gasteiger partial charge on any atom is -0.341 e. The van der Waals surface area contributed by atoms with Crippen molar-refractivity contribution in [1.29, 1.82) is 0 Å². The maximum atomic E-state index is 12.8. The maximum Gasteiger partial charge on any atom is 0.276 e. The normalized spacial score (nSPS) is 19.6. The Morgan fingerprint density at radius 2 is 2.30 bits per heavy atom. The molecule has 1 fully saturated rings. The summed E-state index contributed by atoms with van der Waals surface area (Å²) < 4.78 is 14.5. The molecule has 3 aromatic rings. The summed E-state index contributed by atoms with van der Waals surface area (Å²) in [6.07, 6.45) is 4.05. The number of H-pyrrole nitrogens is 1. The van der Waals surface area contributed by atoms with Crippen LogP contribution in [0.4, 0.5) is 0 Å². The van der Waals surface area contributed by atoms with Crippen molar-refractivity contribution in [3.63, 3.8) is 0 Å². The lowest BCUT2D eigenvalue weighted by molar-refractivity contribution is 0.0776. The van der Waals surface area contributed by atoms with E-state index in [4.69, 9.17) is 0 Å². The van der Waals surface area contributed by atoms with E-state index in [0.29, 0.717) is 34.8 Å². The molecule has 0 saturated carbocycles. The first-order valence-electron chi connectivity index (χ1n) is 8.67. The average molecular weight is 388 g/mol. The van der Waals surface area contributed by atoms with Gasteiger partial charge in [0.25, 0.3) is 11.5 Å². The molecular weight excluding hydrogens is 368 g/mol. The van der Waals surface area contributed by atoms with Crippen molar-refractivity contribution in [2.45, 2.75) is 13.3 Å². The van der Waals surface area contributed by atoms with E-state index < -0.39 is 10.8 Å². The molecule has 0 spiro atoms. The number of carbonyl (C=O) groups excluding carboxylic acids is 1. The van der Waals surface area contributed by atoms with Crippen LogP contribution in [0.5, 0.6) is 0 Å². The third-order valence-corrected chi connectivity index (χ3v) is 6.42. The molecule has 3 aromatic heterocycles. The summed E-state index contributed by atoms with van der Waals surface area (Å²) in [5.41, 5.74) is 1.20. The quantitative estimate of drug-likeness (QED) is 0.695. The predicted octanol–water partition coefficient (Wildman–Crippen LogP) is 0.357. The molecule has 0 aliphatic carbocycles. The first kappa shape index (κ1) is 17.7. The van der Waals surface area contributed by atoms with Gasteiger partial charge in [0.05, 0.1) is 17.5 Å². The van der Waals surface area contributed by atoms with E-state index >= 15 is 0 Å². The number of aromatic amines is 1. The number of rotatable bonds is 4. The van der Waals surface area contributed by atoms with E-state index in [1.165, 1.54) is 15.4 Å². The van der Waals surface area contributed by atoms with Crippen LogP contribution in [-0.2, 0) is 10.8 Å². The Morgan fingerprint density at radius 3 is 3.04 bits per heavy atom. The number of amides is 1. The van der Waals surface area contributed by atoms with Crippen molar-refractivity contribution in [3.05, 3.63) is 46.1 Å². The van der Waals surface area contributed by atoms with Gasteiger partial charge in [0.2, 0.25) is 5.95 Å². The molecule has 4 heterocycles. The highest BCUT2D eigenvalue weighted by atomic mass is 32.2. The topological polar surface area (TPSA) is 105 Å². The molecule has 2 atom stereocenters. The minimum atomic E-state index is -0.762. The first-order chi connectivity index (χ1) is 12.9. The standard InChI is InChI=1S/C17H20N6O3S/c1-11-13(16(25)21(2)9-12-5-7-27(26)10-12)8-18-23(11)17-19-15(24)14-4-3-6-22(14)20-17/h3-4,6,8,12H,5,7,9-10H2,1-2H3,(H,19,20,24)/t12-,27?/m0/s1. The summed E-state index contributed by atoms with van der Waals surface area (Å²) in [7, 11) is 0.981. The monoisotopic (exact) mass is 388 g/mol. The predicted molar refractivity (Wildman–Crippen MR) is 101 cm³/mol. The highest BCUT2D eigenvalue weighted by Gasteiger charge is 2.26. The van der Waals surface area contributed by atoms with E-state index in [1.807, 2.05) is 0 Å². The molecule has 4 rings (SSSR count). The van der Waals surface area contributed by atoms with Crippen LogP contribution in [-0.4, -0.2) is 64.5 Å². The minimum absolute atomic E-state index is 0.152. The van der Waals surface area contributed by atoms with Gasteiger partial charge < -0.3 is 4.90 Å². The van der Waals surface area contributed by atoms with Crippen LogP contribution in [0, 0.1) is 12.8 Å². The van der Waals surface area contributed by atoms with Crippen molar-refractivity contribution in [3.8, 4) is 5.95 Å². The van der Waals surface area contributed by atoms with Crippen molar-refractivity contribution in [2.75, 3.05) is 25.1 Å². The molecular formula is C17H20N6O3S. The summed E-state index contributed by atoms with van der Waals surface area (Å²) >= 11 is 0. The Kier molecular flexibility index (Phi) is 4.42. The zero-order chi connectivity index (χ0) is 19.1. The summed E-state index contributed by atoms with van der Waals surface area (Å²) in [4.78, 5) is 29.3. The first-order valence-corrected chi connectivity index (χ1v) is 10.2. The second kappa shape index (κ2) is 6.76. The fraction of sp³-hybridized carbons (Fsp3) is 0.412. The third-order valence-electron chi connectivity index (χ3n) is 4.88. The molecule has 1 aliphatic rings. The highest BCUT2D eigenvalue weighted by molar-refractivity contribution is 7.85. The molecule has 1 aliphatic heterocycles. The Hall–Kier alpha value is -2.75. The van der Waals surface area contributed by atoms with Crippen LogP contribution in [0.25, 0.3) is 11.5 Å². The lowest BCUT2D eigenvalue weighted by Crippen LogP contribution is -2.32. The number of fused-ring (bicyclic) bond motifs is 1. The van der Waals surface area contributed by atoms with Gasteiger partial charge in [-0.05, 0) is 31.4 Å². The second-order valence-corrected chi connectivity index (χ2v) is 8.44. The second-order valence-electron chi connectivity index (χ2n) is 6.82. The molecule has 9 nitrogen and oxygen atoms in total. The number of nitrogens with zero attached hydrogens (tertiary/aromatic N) is 5. The lowest BCUT2D eigenvalue weighted by atomic mass is 10.1. The molecule has 1 unspecified atom stereocenters. The van der Waals surface area contributed by atoms with Gasteiger partial charge in [-0.25, -0.2) is 9.20 Å².